The van der Waals surface area contributed by atoms with Gasteiger partial charge >= 0.3 is 0 Å². The fourth-order valence-electron chi connectivity index (χ4n) is 1.08. The molecule has 1 aromatic rings. The van der Waals surface area contributed by atoms with Crippen molar-refractivity contribution < 1.29 is 0 Å². The smallest absolute Gasteiger partial charge is 0.0215 e. The van der Waals surface area contributed by atoms with E-state index in [0.29, 0.717) is 0 Å². The third kappa shape index (κ3) is 4.25. The van der Waals surface area contributed by atoms with Gasteiger partial charge in [-0.15, -0.1) is 0 Å². The maximum atomic E-state index is 3.35. The number of halogens is 2. The molecule has 0 N–H and O–H groups in total. The van der Waals surface area contributed by atoms with Crippen LogP contribution in [0, 0.1) is 0 Å². The molecule has 0 amide bonds. The molecule has 0 fully saturated rings. The predicted octanol–water partition coefficient (Wildman–Crippen LogP) is 4.50. The van der Waals surface area contributed by atoms with Crippen LogP contribution in [0.5, 0.6) is 0 Å². The molecule has 0 atom stereocenters. The first-order valence-electron chi connectivity index (χ1n) is 4.42. The lowest BCUT2D eigenvalue weighted by atomic mass is 10.1. The van der Waals surface area contributed by atoms with Gasteiger partial charge in [-0.2, -0.15) is 0 Å². The zero-order valence-corrected chi connectivity index (χ0v) is 11.0. The molecule has 0 aromatic heterocycles. The highest BCUT2D eigenvalue weighted by atomic mass is 79.9. The van der Waals surface area contributed by atoms with Crippen LogP contribution in [0.15, 0.2) is 36.4 Å². The second-order valence-electron chi connectivity index (χ2n) is 2.78. The van der Waals surface area contributed by atoms with E-state index in [1.165, 1.54) is 11.1 Å². The lowest BCUT2D eigenvalue weighted by Gasteiger charge is -1.95. The number of benzene rings is 1. The largest absolute Gasteiger partial charge is 0.0883 e. The van der Waals surface area contributed by atoms with Gasteiger partial charge in [0.2, 0.25) is 0 Å². The minimum atomic E-state index is 0.901. The van der Waals surface area contributed by atoms with Gasteiger partial charge in [0.05, 0.1) is 0 Å². The molecule has 74 valence electrons. The van der Waals surface area contributed by atoms with Crippen molar-refractivity contribution in [3.05, 3.63) is 47.5 Å². The zero-order valence-electron chi connectivity index (χ0n) is 7.79. The van der Waals surface area contributed by atoms with E-state index in [9.17, 15) is 0 Å². The molecule has 0 saturated heterocycles. The van der Waals surface area contributed by atoms with Crippen molar-refractivity contribution >= 4 is 44.0 Å². The van der Waals surface area contributed by atoms with Crippen molar-refractivity contribution in [2.45, 2.75) is 0 Å². The summed E-state index contributed by atoms with van der Waals surface area (Å²) in [4.78, 5) is 0. The Morgan fingerprint density at radius 1 is 0.786 bits per heavy atom. The van der Waals surface area contributed by atoms with E-state index < -0.39 is 0 Å². The molecule has 0 aliphatic heterocycles. The topological polar surface area (TPSA) is 0 Å². The summed E-state index contributed by atoms with van der Waals surface area (Å²) in [6.07, 6.45) is 8.38. The van der Waals surface area contributed by atoms with E-state index in [1.807, 2.05) is 0 Å². The van der Waals surface area contributed by atoms with Gasteiger partial charge in [-0.1, -0.05) is 80.4 Å². The third-order valence-corrected chi connectivity index (χ3v) is 2.48. The van der Waals surface area contributed by atoms with Gasteiger partial charge in [0, 0.05) is 10.7 Å². The number of alkyl halides is 2. The molecule has 0 bridgehead atoms. The number of allylic oxidation sites excluding steroid dienone is 2. The second kappa shape index (κ2) is 7.02. The van der Waals surface area contributed by atoms with Crippen molar-refractivity contribution in [2.24, 2.45) is 0 Å². The Labute approximate surface area is 102 Å². The van der Waals surface area contributed by atoms with Crippen LogP contribution in [-0.2, 0) is 0 Å². The van der Waals surface area contributed by atoms with Crippen LogP contribution in [0.1, 0.15) is 11.1 Å². The van der Waals surface area contributed by atoms with E-state index >= 15 is 0 Å². The average Bonchev–Trinajstić information content (AvgIpc) is 2.25. The highest BCUT2D eigenvalue weighted by Gasteiger charge is 1.87. The quantitative estimate of drug-likeness (QED) is 0.717. The molecule has 0 spiro atoms. The van der Waals surface area contributed by atoms with Gasteiger partial charge in [-0.3, -0.25) is 0 Å². The molecular weight excluding hydrogens is 304 g/mol. The third-order valence-electron chi connectivity index (χ3n) is 1.74. The molecule has 1 aromatic carbocycles. The van der Waals surface area contributed by atoms with Crippen LogP contribution < -0.4 is 0 Å². The van der Waals surface area contributed by atoms with Crippen molar-refractivity contribution in [3.8, 4) is 0 Å². The molecule has 0 nitrogen and oxygen atoms in total. The monoisotopic (exact) mass is 314 g/mol. The van der Waals surface area contributed by atoms with Crippen molar-refractivity contribution in [3.63, 3.8) is 0 Å². The molecule has 0 radical (unpaired) electrons. The minimum Gasteiger partial charge on any atom is -0.0883 e. The standard InChI is InChI=1S/C12H12Br2/c13-9-1-3-11-5-7-12(8-6-11)4-2-10-14/h1-8H,9-10H2/b3-1+,4-2+. The number of rotatable bonds is 4. The Bertz CT molecular complexity index is 277. The van der Waals surface area contributed by atoms with Gasteiger partial charge in [0.25, 0.3) is 0 Å². The van der Waals surface area contributed by atoms with Crippen LogP contribution in [0.25, 0.3) is 12.2 Å². The van der Waals surface area contributed by atoms with Crippen LogP contribution in [0.4, 0.5) is 0 Å². The van der Waals surface area contributed by atoms with E-state index in [-0.39, 0.29) is 0 Å². The highest BCUT2D eigenvalue weighted by molar-refractivity contribution is 9.09. The fraction of sp³-hybridized carbons (Fsp3) is 0.167. The molecule has 14 heavy (non-hydrogen) atoms. The summed E-state index contributed by atoms with van der Waals surface area (Å²) in [6.45, 7) is 0. The van der Waals surface area contributed by atoms with Crippen LogP contribution >= 0.6 is 31.9 Å². The average molecular weight is 316 g/mol. The Balaban J connectivity index is 2.68. The zero-order chi connectivity index (χ0) is 10.2. The van der Waals surface area contributed by atoms with Gasteiger partial charge in [-0.25, -0.2) is 0 Å². The van der Waals surface area contributed by atoms with E-state index in [0.717, 1.165) is 10.7 Å². The first kappa shape index (κ1) is 11.7. The summed E-state index contributed by atoms with van der Waals surface area (Å²) in [6, 6.07) is 8.47. The fourth-order valence-corrected chi connectivity index (χ4v) is 1.45. The van der Waals surface area contributed by atoms with Gasteiger partial charge in [0.1, 0.15) is 0 Å². The molecule has 0 heterocycles. The highest BCUT2D eigenvalue weighted by Crippen LogP contribution is 2.08. The Hall–Kier alpha value is -0.340. The summed E-state index contributed by atoms with van der Waals surface area (Å²) >= 11 is 6.70. The van der Waals surface area contributed by atoms with Gasteiger partial charge < -0.3 is 0 Å². The summed E-state index contributed by atoms with van der Waals surface area (Å²) < 4.78 is 0. The summed E-state index contributed by atoms with van der Waals surface area (Å²) in [5.41, 5.74) is 2.47. The molecular formula is C12H12Br2. The molecule has 0 unspecified atom stereocenters. The Kier molecular flexibility index (Phi) is 5.88. The number of hydrogen-bond donors (Lipinski definition) is 0. The molecule has 0 saturated carbocycles. The minimum absolute atomic E-state index is 0.901. The Morgan fingerprint density at radius 3 is 1.43 bits per heavy atom. The van der Waals surface area contributed by atoms with Crippen molar-refractivity contribution in [1.29, 1.82) is 0 Å². The maximum Gasteiger partial charge on any atom is 0.0215 e. The summed E-state index contributed by atoms with van der Waals surface area (Å²) in [5, 5.41) is 1.80. The summed E-state index contributed by atoms with van der Waals surface area (Å²) in [5.74, 6) is 0. The Morgan fingerprint density at radius 2 is 1.14 bits per heavy atom. The van der Waals surface area contributed by atoms with E-state index in [2.05, 4.69) is 80.4 Å². The molecule has 0 aliphatic carbocycles. The molecule has 1 rings (SSSR count). The van der Waals surface area contributed by atoms with E-state index in [1.54, 1.807) is 0 Å². The molecule has 2 heteroatoms. The summed E-state index contributed by atoms with van der Waals surface area (Å²) in [7, 11) is 0. The SMILES string of the molecule is BrC/C=C/c1ccc(/C=C/CBr)cc1. The predicted molar refractivity (Wildman–Crippen MR) is 72.1 cm³/mol. The first-order chi connectivity index (χ1) is 6.86. The lowest BCUT2D eigenvalue weighted by Crippen LogP contribution is -1.74. The van der Waals surface area contributed by atoms with Gasteiger partial charge in [0.15, 0.2) is 0 Å². The molecule has 0 aliphatic rings. The van der Waals surface area contributed by atoms with Crippen molar-refractivity contribution in [2.75, 3.05) is 10.7 Å². The van der Waals surface area contributed by atoms with Crippen LogP contribution in [0.2, 0.25) is 0 Å². The van der Waals surface area contributed by atoms with Gasteiger partial charge in [-0.05, 0) is 11.1 Å². The van der Waals surface area contributed by atoms with Crippen LogP contribution in [-0.4, -0.2) is 10.7 Å². The van der Waals surface area contributed by atoms with Crippen molar-refractivity contribution in [1.82, 2.24) is 0 Å². The normalized spacial score (nSPS) is 11.6. The van der Waals surface area contributed by atoms with Crippen LogP contribution in [0.3, 0.4) is 0 Å². The van der Waals surface area contributed by atoms with E-state index in [4.69, 9.17) is 0 Å². The second-order valence-corrected chi connectivity index (χ2v) is 4.07. The maximum absolute atomic E-state index is 3.35. The first-order valence-corrected chi connectivity index (χ1v) is 6.66. The lowest BCUT2D eigenvalue weighted by molar-refractivity contribution is 1.61. The number of hydrogen-bond acceptors (Lipinski definition) is 0.